The number of carbonyl (C=O) groups is 1. The van der Waals surface area contributed by atoms with Gasteiger partial charge in [-0.25, -0.2) is 4.98 Å². The molecule has 0 fully saturated rings. The first-order valence-electron chi connectivity index (χ1n) is 9.83. The Morgan fingerprint density at radius 2 is 2.04 bits per heavy atom. The first-order chi connectivity index (χ1) is 13.5. The number of H-pyrrole nitrogens is 2. The minimum atomic E-state index is -0.100. The van der Waals surface area contributed by atoms with E-state index in [-0.39, 0.29) is 11.5 Å². The SMILES string of the molecule is Cc1sc2nc(CCNC(=O)CCc3n[nH]c4c3CCCC4)[nH]c(=O)c2c1C. The van der Waals surface area contributed by atoms with Crippen molar-refractivity contribution in [3.05, 3.63) is 43.6 Å². The molecule has 8 heteroatoms. The van der Waals surface area contributed by atoms with Crippen LogP contribution in [0, 0.1) is 13.8 Å². The molecule has 0 spiro atoms. The summed E-state index contributed by atoms with van der Waals surface area (Å²) in [4.78, 5) is 33.7. The van der Waals surface area contributed by atoms with Crippen LogP contribution in [0.1, 0.15) is 52.5 Å². The molecule has 0 aliphatic heterocycles. The van der Waals surface area contributed by atoms with Crippen molar-refractivity contribution in [1.29, 1.82) is 0 Å². The van der Waals surface area contributed by atoms with Crippen molar-refractivity contribution < 1.29 is 4.79 Å². The molecule has 1 aliphatic rings. The fraction of sp³-hybridized carbons (Fsp3) is 0.500. The summed E-state index contributed by atoms with van der Waals surface area (Å²) in [5.74, 6) is 0.610. The van der Waals surface area contributed by atoms with Gasteiger partial charge in [0.1, 0.15) is 10.7 Å². The Kier molecular flexibility index (Phi) is 5.30. The number of aromatic nitrogens is 4. The molecule has 28 heavy (non-hydrogen) atoms. The van der Waals surface area contributed by atoms with Crippen LogP contribution in [0.3, 0.4) is 0 Å². The van der Waals surface area contributed by atoms with Crippen molar-refractivity contribution in [2.75, 3.05) is 6.54 Å². The largest absolute Gasteiger partial charge is 0.356 e. The first kappa shape index (κ1) is 18.9. The number of aryl methyl sites for hydroxylation is 4. The van der Waals surface area contributed by atoms with E-state index in [4.69, 9.17) is 0 Å². The molecule has 0 saturated heterocycles. The van der Waals surface area contributed by atoms with E-state index in [2.05, 4.69) is 25.5 Å². The summed E-state index contributed by atoms with van der Waals surface area (Å²) in [7, 11) is 0. The predicted octanol–water partition coefficient (Wildman–Crippen LogP) is 2.49. The van der Waals surface area contributed by atoms with E-state index in [1.807, 2.05) is 13.8 Å². The van der Waals surface area contributed by atoms with Crippen LogP contribution in [0.2, 0.25) is 0 Å². The van der Waals surface area contributed by atoms with Gasteiger partial charge in [0, 0.05) is 36.4 Å². The Hall–Kier alpha value is -2.48. The van der Waals surface area contributed by atoms with E-state index in [9.17, 15) is 9.59 Å². The molecule has 1 aliphatic carbocycles. The lowest BCUT2D eigenvalue weighted by Crippen LogP contribution is -2.27. The summed E-state index contributed by atoms with van der Waals surface area (Å²) in [6.45, 7) is 4.40. The lowest BCUT2D eigenvalue weighted by Gasteiger charge is -2.11. The smallest absolute Gasteiger partial charge is 0.259 e. The number of amides is 1. The Labute approximate surface area is 167 Å². The molecular formula is C20H25N5O2S. The van der Waals surface area contributed by atoms with Crippen molar-refractivity contribution in [2.45, 2.75) is 58.8 Å². The van der Waals surface area contributed by atoms with Gasteiger partial charge in [0.15, 0.2) is 0 Å². The number of thiophene rings is 1. The molecule has 3 heterocycles. The minimum Gasteiger partial charge on any atom is -0.356 e. The Bertz CT molecular complexity index is 1080. The molecule has 3 aromatic heterocycles. The highest BCUT2D eigenvalue weighted by molar-refractivity contribution is 7.18. The highest BCUT2D eigenvalue weighted by Crippen LogP contribution is 2.25. The van der Waals surface area contributed by atoms with Gasteiger partial charge in [-0.3, -0.25) is 14.7 Å². The maximum absolute atomic E-state index is 12.3. The fourth-order valence-electron chi connectivity index (χ4n) is 3.81. The summed E-state index contributed by atoms with van der Waals surface area (Å²) in [5.41, 5.74) is 4.48. The van der Waals surface area contributed by atoms with Crippen molar-refractivity contribution in [3.8, 4) is 0 Å². The minimum absolute atomic E-state index is 0.00111. The summed E-state index contributed by atoms with van der Waals surface area (Å²) < 4.78 is 0. The summed E-state index contributed by atoms with van der Waals surface area (Å²) >= 11 is 1.54. The maximum atomic E-state index is 12.3. The third-order valence-corrected chi connectivity index (χ3v) is 6.60. The van der Waals surface area contributed by atoms with Crippen molar-refractivity contribution in [2.24, 2.45) is 0 Å². The van der Waals surface area contributed by atoms with Crippen LogP contribution < -0.4 is 10.9 Å². The Balaban J connectivity index is 1.30. The number of nitrogens with zero attached hydrogens (tertiary/aromatic N) is 2. The van der Waals surface area contributed by atoms with Crippen molar-refractivity contribution in [3.63, 3.8) is 0 Å². The van der Waals surface area contributed by atoms with E-state index in [0.29, 0.717) is 37.0 Å². The van der Waals surface area contributed by atoms with Gasteiger partial charge in [0.2, 0.25) is 5.91 Å². The molecule has 0 aromatic carbocycles. The normalized spacial score (nSPS) is 13.6. The molecule has 0 unspecified atom stereocenters. The van der Waals surface area contributed by atoms with Gasteiger partial charge in [-0.1, -0.05) is 0 Å². The second kappa shape index (κ2) is 7.87. The van der Waals surface area contributed by atoms with E-state index >= 15 is 0 Å². The van der Waals surface area contributed by atoms with E-state index < -0.39 is 0 Å². The molecule has 148 valence electrons. The molecule has 4 rings (SSSR count). The van der Waals surface area contributed by atoms with Crippen molar-refractivity contribution >= 4 is 27.5 Å². The van der Waals surface area contributed by atoms with Gasteiger partial charge in [0.05, 0.1) is 11.1 Å². The van der Waals surface area contributed by atoms with Gasteiger partial charge in [-0.2, -0.15) is 5.10 Å². The van der Waals surface area contributed by atoms with Gasteiger partial charge in [-0.15, -0.1) is 11.3 Å². The number of fused-ring (bicyclic) bond motifs is 2. The van der Waals surface area contributed by atoms with Gasteiger partial charge in [-0.05, 0) is 50.7 Å². The van der Waals surface area contributed by atoms with Crippen molar-refractivity contribution in [1.82, 2.24) is 25.5 Å². The molecule has 1 amide bonds. The van der Waals surface area contributed by atoms with Crippen LogP contribution in [-0.2, 0) is 30.5 Å². The van der Waals surface area contributed by atoms with Crippen LogP contribution in [0.15, 0.2) is 4.79 Å². The van der Waals surface area contributed by atoms with E-state index in [1.54, 1.807) is 0 Å². The molecular weight excluding hydrogens is 374 g/mol. The zero-order chi connectivity index (χ0) is 19.7. The highest BCUT2D eigenvalue weighted by Gasteiger charge is 2.17. The van der Waals surface area contributed by atoms with Gasteiger partial charge >= 0.3 is 0 Å². The predicted molar refractivity (Wildman–Crippen MR) is 110 cm³/mol. The van der Waals surface area contributed by atoms with E-state index in [1.165, 1.54) is 35.4 Å². The Morgan fingerprint density at radius 1 is 1.21 bits per heavy atom. The maximum Gasteiger partial charge on any atom is 0.259 e. The number of rotatable bonds is 6. The first-order valence-corrected chi connectivity index (χ1v) is 10.6. The molecule has 7 nitrogen and oxygen atoms in total. The molecule has 0 radical (unpaired) electrons. The zero-order valence-corrected chi connectivity index (χ0v) is 17.1. The lowest BCUT2D eigenvalue weighted by atomic mass is 9.95. The monoisotopic (exact) mass is 399 g/mol. The summed E-state index contributed by atoms with van der Waals surface area (Å²) in [6, 6.07) is 0. The quantitative estimate of drug-likeness (QED) is 0.592. The average Bonchev–Trinajstić information content (AvgIpc) is 3.21. The number of hydrogen-bond acceptors (Lipinski definition) is 5. The number of carbonyl (C=O) groups excluding carboxylic acids is 1. The molecule has 3 aromatic rings. The third-order valence-electron chi connectivity index (χ3n) is 5.50. The molecule has 3 N–H and O–H groups in total. The number of nitrogens with one attached hydrogen (secondary N) is 3. The number of aromatic amines is 2. The van der Waals surface area contributed by atoms with Crippen LogP contribution >= 0.6 is 11.3 Å². The fourth-order valence-corrected chi connectivity index (χ4v) is 4.86. The molecule has 0 atom stereocenters. The molecule has 0 saturated carbocycles. The van der Waals surface area contributed by atoms with E-state index in [0.717, 1.165) is 33.8 Å². The summed E-state index contributed by atoms with van der Waals surface area (Å²) in [6.07, 6.45) is 6.12. The van der Waals surface area contributed by atoms with Gasteiger partial charge in [0.25, 0.3) is 5.56 Å². The average molecular weight is 400 g/mol. The van der Waals surface area contributed by atoms with Crippen LogP contribution in [0.25, 0.3) is 10.2 Å². The third kappa shape index (κ3) is 3.73. The molecule has 0 bridgehead atoms. The highest BCUT2D eigenvalue weighted by atomic mass is 32.1. The standard InChI is InChI=1S/C20H25N5O2S/c1-11-12(2)28-20-18(11)19(27)22-16(23-20)9-10-21-17(26)8-7-15-13-5-3-4-6-14(13)24-25-15/h3-10H2,1-2H3,(H,21,26)(H,24,25)(H,22,23,27). The second-order valence-corrected chi connectivity index (χ2v) is 8.61. The number of hydrogen-bond donors (Lipinski definition) is 3. The zero-order valence-electron chi connectivity index (χ0n) is 16.3. The van der Waals surface area contributed by atoms with Crippen LogP contribution in [0.4, 0.5) is 0 Å². The Morgan fingerprint density at radius 3 is 2.89 bits per heavy atom. The van der Waals surface area contributed by atoms with Gasteiger partial charge < -0.3 is 10.3 Å². The second-order valence-electron chi connectivity index (χ2n) is 7.41. The lowest BCUT2D eigenvalue weighted by molar-refractivity contribution is -0.121. The topological polar surface area (TPSA) is 104 Å². The van der Waals surface area contributed by atoms with Crippen LogP contribution in [0.5, 0.6) is 0 Å². The summed E-state index contributed by atoms with van der Waals surface area (Å²) in [5, 5.41) is 11.1. The van der Waals surface area contributed by atoms with Crippen LogP contribution in [-0.4, -0.2) is 32.6 Å².